The van der Waals surface area contributed by atoms with Gasteiger partial charge < -0.3 is 16.2 Å². The molecule has 0 unspecified atom stereocenters. The fourth-order valence-corrected chi connectivity index (χ4v) is 2.07. The van der Waals surface area contributed by atoms with Crippen molar-refractivity contribution in [3.63, 3.8) is 0 Å². The maximum absolute atomic E-state index is 12.9. The number of carboxylic acid groups (broad SMARTS) is 1. The average Bonchev–Trinajstić information content (AvgIpc) is 2.33. The summed E-state index contributed by atoms with van der Waals surface area (Å²) in [6.45, 7) is 0. The van der Waals surface area contributed by atoms with E-state index in [1.54, 1.807) is 0 Å². The van der Waals surface area contributed by atoms with Crippen molar-refractivity contribution in [3.8, 4) is 0 Å². The van der Waals surface area contributed by atoms with Crippen molar-refractivity contribution in [2.24, 2.45) is 5.73 Å². The van der Waals surface area contributed by atoms with Crippen LogP contribution in [0.2, 0.25) is 5.02 Å². The smallest absolute Gasteiger partial charge is 0.321 e. The van der Waals surface area contributed by atoms with Crippen LogP contribution < -0.4 is 11.1 Å². The second-order valence-corrected chi connectivity index (χ2v) is 5.07. The largest absolute Gasteiger partial charge is 0.480 e. The van der Waals surface area contributed by atoms with Crippen LogP contribution in [-0.4, -0.2) is 34.5 Å². The first kappa shape index (κ1) is 15.7. The predicted octanol–water partition coefficient (Wildman–Crippen LogP) is 1.56. The Balaban J connectivity index is 2.39. The molecule has 1 amide bonds. The van der Waals surface area contributed by atoms with Crippen LogP contribution in [-0.2, 0) is 9.59 Å². The normalized spacial score (nSPS) is 11.9. The van der Waals surface area contributed by atoms with Crippen LogP contribution in [0, 0.1) is 5.82 Å². The van der Waals surface area contributed by atoms with Gasteiger partial charge in [0.1, 0.15) is 11.9 Å². The number of nitrogens with two attached hydrogens (primary N) is 1. The van der Waals surface area contributed by atoms with Gasteiger partial charge in [-0.2, -0.15) is 0 Å². The Morgan fingerprint density at radius 3 is 2.79 bits per heavy atom. The van der Waals surface area contributed by atoms with Gasteiger partial charge in [0.15, 0.2) is 0 Å². The van der Waals surface area contributed by atoms with Gasteiger partial charge in [0.2, 0.25) is 5.91 Å². The number of halogens is 2. The lowest BCUT2D eigenvalue weighted by atomic mass is 10.3. The Kier molecular flexibility index (Phi) is 6.07. The van der Waals surface area contributed by atoms with Crippen molar-refractivity contribution < 1.29 is 19.1 Å². The minimum atomic E-state index is -1.11. The summed E-state index contributed by atoms with van der Waals surface area (Å²) in [5.74, 6) is -1.84. The van der Waals surface area contributed by atoms with Crippen LogP contribution in [0.5, 0.6) is 0 Å². The molecule has 19 heavy (non-hydrogen) atoms. The van der Waals surface area contributed by atoms with E-state index < -0.39 is 17.8 Å². The molecule has 104 valence electrons. The van der Waals surface area contributed by atoms with E-state index >= 15 is 0 Å². The number of benzene rings is 1. The molecular weight excluding hydrogens is 295 g/mol. The Bertz CT molecular complexity index is 487. The Morgan fingerprint density at radius 1 is 1.53 bits per heavy atom. The van der Waals surface area contributed by atoms with Gasteiger partial charge >= 0.3 is 5.97 Å². The summed E-state index contributed by atoms with van der Waals surface area (Å²) in [7, 11) is 0. The van der Waals surface area contributed by atoms with E-state index in [4.69, 9.17) is 22.4 Å². The lowest BCUT2D eigenvalue weighted by molar-refractivity contribution is -0.137. The highest BCUT2D eigenvalue weighted by molar-refractivity contribution is 8.00. The highest BCUT2D eigenvalue weighted by Crippen LogP contribution is 2.19. The molecule has 0 spiro atoms. The monoisotopic (exact) mass is 306 g/mol. The molecule has 5 nitrogen and oxygen atoms in total. The first-order valence-electron chi connectivity index (χ1n) is 5.21. The Morgan fingerprint density at radius 2 is 2.21 bits per heavy atom. The molecule has 8 heteroatoms. The zero-order chi connectivity index (χ0) is 14.4. The van der Waals surface area contributed by atoms with E-state index in [0.717, 1.165) is 17.8 Å². The van der Waals surface area contributed by atoms with E-state index in [2.05, 4.69) is 5.32 Å². The SMILES string of the molecule is N[C@@H](CSCC(=O)Nc1ccc(F)c(Cl)c1)C(=O)O. The minimum Gasteiger partial charge on any atom is -0.480 e. The predicted molar refractivity (Wildman–Crippen MR) is 73.0 cm³/mol. The third-order valence-electron chi connectivity index (χ3n) is 2.05. The van der Waals surface area contributed by atoms with Gasteiger partial charge in [-0.15, -0.1) is 11.8 Å². The van der Waals surface area contributed by atoms with Crippen molar-refractivity contribution in [1.82, 2.24) is 0 Å². The van der Waals surface area contributed by atoms with E-state index in [0.29, 0.717) is 5.69 Å². The average molecular weight is 307 g/mol. The summed E-state index contributed by atoms with van der Waals surface area (Å²) in [5.41, 5.74) is 5.66. The molecule has 4 N–H and O–H groups in total. The molecule has 1 atom stereocenters. The van der Waals surface area contributed by atoms with Crippen molar-refractivity contribution in [2.45, 2.75) is 6.04 Å². The Labute approximate surface area is 118 Å². The fourth-order valence-electron chi connectivity index (χ4n) is 1.12. The van der Waals surface area contributed by atoms with Gasteiger partial charge in [0.25, 0.3) is 0 Å². The number of carboxylic acids is 1. The number of carbonyl (C=O) groups is 2. The topological polar surface area (TPSA) is 92.4 Å². The lowest BCUT2D eigenvalue weighted by Crippen LogP contribution is -2.33. The molecule has 0 saturated carbocycles. The van der Waals surface area contributed by atoms with E-state index in [1.165, 1.54) is 12.1 Å². The number of carbonyl (C=O) groups excluding carboxylic acids is 1. The summed E-state index contributed by atoms with van der Waals surface area (Å²) in [5, 5.41) is 11.0. The molecule has 0 radical (unpaired) electrons. The maximum atomic E-state index is 12.9. The molecule has 0 bridgehead atoms. The van der Waals surface area contributed by atoms with Crippen molar-refractivity contribution in [3.05, 3.63) is 29.0 Å². The van der Waals surface area contributed by atoms with E-state index in [1.807, 2.05) is 0 Å². The molecule has 1 rings (SSSR count). The Hall–Kier alpha value is -1.31. The van der Waals surface area contributed by atoms with Crippen LogP contribution in [0.1, 0.15) is 0 Å². The maximum Gasteiger partial charge on any atom is 0.321 e. The van der Waals surface area contributed by atoms with Crippen molar-refractivity contribution in [2.75, 3.05) is 16.8 Å². The quantitative estimate of drug-likeness (QED) is 0.742. The van der Waals surface area contributed by atoms with Gasteiger partial charge in [0.05, 0.1) is 10.8 Å². The van der Waals surface area contributed by atoms with Crippen molar-refractivity contribution in [1.29, 1.82) is 0 Å². The number of thioether (sulfide) groups is 1. The second kappa shape index (κ2) is 7.32. The third kappa shape index (κ3) is 5.46. The van der Waals surface area contributed by atoms with Crippen molar-refractivity contribution >= 4 is 40.9 Å². The standard InChI is InChI=1S/C11H12ClFN2O3S/c12-7-3-6(1-2-8(7)13)15-10(16)5-19-4-9(14)11(17)18/h1-3,9H,4-5,14H2,(H,15,16)(H,17,18)/t9-/m0/s1. The van der Waals surface area contributed by atoms with Gasteiger partial charge in [-0.05, 0) is 18.2 Å². The highest BCUT2D eigenvalue weighted by atomic mass is 35.5. The molecule has 0 heterocycles. The molecule has 1 aromatic carbocycles. The molecule has 0 aromatic heterocycles. The molecule has 0 aliphatic heterocycles. The molecular formula is C11H12ClFN2O3S. The summed E-state index contributed by atoms with van der Waals surface area (Å²) in [6, 6.07) is 2.82. The van der Waals surface area contributed by atoms with E-state index in [-0.39, 0.29) is 22.4 Å². The van der Waals surface area contributed by atoms with Crippen LogP contribution in [0.25, 0.3) is 0 Å². The number of hydrogen-bond donors (Lipinski definition) is 3. The number of amides is 1. The number of nitrogens with one attached hydrogen (secondary N) is 1. The number of aliphatic carboxylic acids is 1. The summed E-state index contributed by atoms with van der Waals surface area (Å²) in [6.07, 6.45) is 0. The third-order valence-corrected chi connectivity index (χ3v) is 3.40. The summed E-state index contributed by atoms with van der Waals surface area (Å²) < 4.78 is 12.9. The van der Waals surface area contributed by atoms with E-state index in [9.17, 15) is 14.0 Å². The van der Waals surface area contributed by atoms with Crippen LogP contribution in [0.4, 0.5) is 10.1 Å². The molecule has 0 fully saturated rings. The summed E-state index contributed by atoms with van der Waals surface area (Å²) >= 11 is 6.66. The summed E-state index contributed by atoms with van der Waals surface area (Å²) in [4.78, 5) is 21.9. The van der Waals surface area contributed by atoms with Gasteiger partial charge in [-0.3, -0.25) is 9.59 Å². The van der Waals surface area contributed by atoms with Crippen LogP contribution >= 0.6 is 23.4 Å². The van der Waals surface area contributed by atoms with Crippen LogP contribution in [0.3, 0.4) is 0 Å². The molecule has 0 aliphatic rings. The number of rotatable bonds is 6. The van der Waals surface area contributed by atoms with Gasteiger partial charge in [-0.1, -0.05) is 11.6 Å². The van der Waals surface area contributed by atoms with Gasteiger partial charge in [0, 0.05) is 11.4 Å². The lowest BCUT2D eigenvalue weighted by Gasteiger charge is -2.07. The fraction of sp³-hybridized carbons (Fsp3) is 0.273. The molecule has 0 aliphatic carbocycles. The minimum absolute atomic E-state index is 0.0516. The molecule has 0 saturated heterocycles. The molecule has 1 aromatic rings. The van der Waals surface area contributed by atoms with Crippen LogP contribution in [0.15, 0.2) is 18.2 Å². The first-order valence-corrected chi connectivity index (χ1v) is 6.74. The zero-order valence-electron chi connectivity index (χ0n) is 9.73. The highest BCUT2D eigenvalue weighted by Gasteiger charge is 2.12. The number of hydrogen-bond acceptors (Lipinski definition) is 4. The van der Waals surface area contributed by atoms with Gasteiger partial charge in [-0.25, -0.2) is 4.39 Å². The number of anilines is 1. The first-order chi connectivity index (χ1) is 8.90. The second-order valence-electron chi connectivity index (χ2n) is 3.64. The zero-order valence-corrected chi connectivity index (χ0v) is 11.3.